The molecule has 0 saturated carbocycles. The molecule has 0 radical (unpaired) electrons. The van der Waals surface area contributed by atoms with Gasteiger partial charge in [0.05, 0.1) is 0 Å². The zero-order chi connectivity index (χ0) is 11.4. The third-order valence-corrected chi connectivity index (χ3v) is 2.50. The smallest absolute Gasteiger partial charge is 0.137 e. The molecule has 0 spiro atoms. The van der Waals surface area contributed by atoms with E-state index in [0.29, 0.717) is 18.6 Å². The highest BCUT2D eigenvalue weighted by atomic mass is 16.1. The Morgan fingerprint density at radius 2 is 2.00 bits per heavy atom. The fourth-order valence-corrected chi connectivity index (χ4v) is 1.63. The normalized spacial score (nSPS) is 10.1. The van der Waals surface area contributed by atoms with Crippen molar-refractivity contribution in [3.05, 3.63) is 29.3 Å². The van der Waals surface area contributed by atoms with Crippen molar-refractivity contribution in [2.45, 2.75) is 26.7 Å². The van der Waals surface area contributed by atoms with Crippen molar-refractivity contribution in [1.82, 2.24) is 0 Å². The number of carbonyl (C=O) groups excluding carboxylic acids is 1. The van der Waals surface area contributed by atoms with Crippen LogP contribution in [0, 0.1) is 6.92 Å². The highest BCUT2D eigenvalue weighted by molar-refractivity contribution is 5.82. The van der Waals surface area contributed by atoms with Gasteiger partial charge in [-0.25, -0.2) is 0 Å². The number of hydrogen-bond donors (Lipinski definition) is 0. The summed E-state index contributed by atoms with van der Waals surface area (Å²) in [5.41, 5.74) is 3.48. The van der Waals surface area contributed by atoms with E-state index in [9.17, 15) is 4.79 Å². The second-order valence-electron chi connectivity index (χ2n) is 4.10. The van der Waals surface area contributed by atoms with Gasteiger partial charge in [-0.1, -0.05) is 24.6 Å². The van der Waals surface area contributed by atoms with E-state index in [1.54, 1.807) is 0 Å². The van der Waals surface area contributed by atoms with Gasteiger partial charge in [-0.15, -0.1) is 0 Å². The van der Waals surface area contributed by atoms with Crippen LogP contribution in [0.4, 0.5) is 5.69 Å². The standard InChI is InChI=1S/C13H19NO/c1-5-12(15)9-11-8-10(2)6-7-13(11)14(3)4/h6-8H,5,9H2,1-4H3. The number of hydrogen-bond acceptors (Lipinski definition) is 2. The molecule has 2 nitrogen and oxygen atoms in total. The molecule has 0 unspecified atom stereocenters. The van der Waals surface area contributed by atoms with Crippen molar-refractivity contribution >= 4 is 11.5 Å². The quantitative estimate of drug-likeness (QED) is 0.753. The second kappa shape index (κ2) is 4.96. The van der Waals surface area contributed by atoms with Crippen LogP contribution in [0.3, 0.4) is 0 Å². The van der Waals surface area contributed by atoms with E-state index in [0.717, 1.165) is 11.3 Å². The maximum Gasteiger partial charge on any atom is 0.137 e. The Labute approximate surface area is 91.9 Å². The zero-order valence-corrected chi connectivity index (χ0v) is 10.0. The number of Topliss-reactive ketones (excluding diaryl/α,β-unsaturated/α-hetero) is 1. The van der Waals surface area contributed by atoms with Crippen LogP contribution in [-0.2, 0) is 11.2 Å². The van der Waals surface area contributed by atoms with Crippen LogP contribution in [0.25, 0.3) is 0 Å². The van der Waals surface area contributed by atoms with E-state index in [2.05, 4.69) is 30.0 Å². The maximum atomic E-state index is 11.4. The Morgan fingerprint density at radius 3 is 2.53 bits per heavy atom. The van der Waals surface area contributed by atoms with Gasteiger partial charge in [-0.3, -0.25) is 4.79 Å². The van der Waals surface area contributed by atoms with E-state index < -0.39 is 0 Å². The van der Waals surface area contributed by atoms with E-state index >= 15 is 0 Å². The summed E-state index contributed by atoms with van der Waals surface area (Å²) >= 11 is 0. The second-order valence-corrected chi connectivity index (χ2v) is 4.10. The molecular formula is C13H19NO. The molecule has 0 heterocycles. The van der Waals surface area contributed by atoms with Gasteiger partial charge in [-0.05, 0) is 18.6 Å². The van der Waals surface area contributed by atoms with Crippen LogP contribution in [-0.4, -0.2) is 19.9 Å². The van der Waals surface area contributed by atoms with Gasteiger partial charge >= 0.3 is 0 Å². The summed E-state index contributed by atoms with van der Waals surface area (Å²) < 4.78 is 0. The third-order valence-electron chi connectivity index (χ3n) is 2.50. The lowest BCUT2D eigenvalue weighted by atomic mass is 10.0. The Morgan fingerprint density at radius 1 is 1.33 bits per heavy atom. The molecule has 0 N–H and O–H groups in total. The first-order valence-corrected chi connectivity index (χ1v) is 5.33. The van der Waals surface area contributed by atoms with Gasteiger partial charge < -0.3 is 4.90 Å². The summed E-state index contributed by atoms with van der Waals surface area (Å²) in [6, 6.07) is 6.26. The largest absolute Gasteiger partial charge is 0.377 e. The van der Waals surface area contributed by atoms with Gasteiger partial charge in [0.1, 0.15) is 5.78 Å². The predicted octanol–water partition coefficient (Wildman–Crippen LogP) is 2.58. The number of aryl methyl sites for hydroxylation is 1. The minimum atomic E-state index is 0.295. The molecule has 1 aromatic rings. The first kappa shape index (κ1) is 11.8. The average molecular weight is 205 g/mol. The molecule has 0 amide bonds. The van der Waals surface area contributed by atoms with Crippen LogP contribution in [0.5, 0.6) is 0 Å². The summed E-state index contributed by atoms with van der Waals surface area (Å²) in [6.45, 7) is 3.97. The molecule has 0 fully saturated rings. The van der Waals surface area contributed by atoms with Crippen molar-refractivity contribution in [2.24, 2.45) is 0 Å². The Bertz CT molecular complexity index is 356. The lowest BCUT2D eigenvalue weighted by molar-refractivity contribution is -0.118. The minimum absolute atomic E-state index is 0.295. The predicted molar refractivity (Wildman–Crippen MR) is 64.5 cm³/mol. The summed E-state index contributed by atoms with van der Waals surface area (Å²) in [5, 5.41) is 0. The fourth-order valence-electron chi connectivity index (χ4n) is 1.63. The molecular weight excluding hydrogens is 186 g/mol. The van der Waals surface area contributed by atoms with Crippen LogP contribution in [0.15, 0.2) is 18.2 Å². The van der Waals surface area contributed by atoms with Gasteiger partial charge in [0.2, 0.25) is 0 Å². The lowest BCUT2D eigenvalue weighted by Crippen LogP contribution is -2.13. The van der Waals surface area contributed by atoms with Gasteiger partial charge in [0.25, 0.3) is 0 Å². The average Bonchev–Trinajstić information content (AvgIpc) is 2.17. The summed E-state index contributed by atoms with van der Waals surface area (Å²) in [6.07, 6.45) is 1.16. The third kappa shape index (κ3) is 3.08. The van der Waals surface area contributed by atoms with E-state index in [4.69, 9.17) is 0 Å². The fraction of sp³-hybridized carbons (Fsp3) is 0.462. The monoisotopic (exact) mass is 205 g/mol. The maximum absolute atomic E-state index is 11.4. The number of anilines is 1. The molecule has 1 rings (SSSR count). The number of carbonyl (C=O) groups is 1. The molecule has 0 aliphatic carbocycles. The number of ketones is 1. The molecule has 2 heteroatoms. The first-order chi connectivity index (χ1) is 7.04. The van der Waals surface area contributed by atoms with Crippen LogP contribution < -0.4 is 4.90 Å². The van der Waals surface area contributed by atoms with Crippen LogP contribution >= 0.6 is 0 Å². The highest BCUT2D eigenvalue weighted by Gasteiger charge is 2.08. The zero-order valence-electron chi connectivity index (χ0n) is 10.0. The van der Waals surface area contributed by atoms with E-state index in [1.165, 1.54) is 5.56 Å². The number of nitrogens with zero attached hydrogens (tertiary/aromatic N) is 1. The SMILES string of the molecule is CCC(=O)Cc1cc(C)ccc1N(C)C. The summed E-state index contributed by atoms with van der Waals surface area (Å²) in [7, 11) is 4.01. The lowest BCUT2D eigenvalue weighted by Gasteiger charge is -2.17. The Balaban J connectivity index is 3.02. The van der Waals surface area contributed by atoms with Crippen molar-refractivity contribution in [2.75, 3.05) is 19.0 Å². The van der Waals surface area contributed by atoms with Gasteiger partial charge in [0, 0.05) is 32.6 Å². The molecule has 0 aliphatic rings. The van der Waals surface area contributed by atoms with Crippen molar-refractivity contribution < 1.29 is 4.79 Å². The van der Waals surface area contributed by atoms with Crippen LogP contribution in [0.1, 0.15) is 24.5 Å². The Hall–Kier alpha value is -1.31. The van der Waals surface area contributed by atoms with E-state index in [-0.39, 0.29) is 0 Å². The van der Waals surface area contributed by atoms with Crippen molar-refractivity contribution in [1.29, 1.82) is 0 Å². The van der Waals surface area contributed by atoms with Crippen LogP contribution in [0.2, 0.25) is 0 Å². The molecule has 1 aromatic carbocycles. The molecule has 0 aliphatic heterocycles. The molecule has 82 valence electrons. The van der Waals surface area contributed by atoms with Gasteiger partial charge in [-0.2, -0.15) is 0 Å². The summed E-state index contributed by atoms with van der Waals surface area (Å²) in [5.74, 6) is 0.295. The number of rotatable bonds is 4. The van der Waals surface area contributed by atoms with Crippen molar-refractivity contribution in [3.8, 4) is 0 Å². The summed E-state index contributed by atoms with van der Waals surface area (Å²) in [4.78, 5) is 13.5. The highest BCUT2D eigenvalue weighted by Crippen LogP contribution is 2.21. The number of benzene rings is 1. The molecule has 0 bridgehead atoms. The van der Waals surface area contributed by atoms with Gasteiger partial charge in [0.15, 0.2) is 0 Å². The van der Waals surface area contributed by atoms with Crippen molar-refractivity contribution in [3.63, 3.8) is 0 Å². The Kier molecular flexibility index (Phi) is 3.89. The van der Waals surface area contributed by atoms with E-state index in [1.807, 2.05) is 21.0 Å². The first-order valence-electron chi connectivity index (χ1n) is 5.33. The molecule has 0 atom stereocenters. The minimum Gasteiger partial charge on any atom is -0.377 e. The molecule has 15 heavy (non-hydrogen) atoms. The molecule has 0 saturated heterocycles. The topological polar surface area (TPSA) is 20.3 Å². The molecule has 0 aromatic heterocycles.